The van der Waals surface area contributed by atoms with Crippen LogP contribution in [-0.4, -0.2) is 31.4 Å². The Hall–Kier alpha value is -1.55. The molecular weight excluding hydrogens is 196 g/mol. The van der Waals surface area contributed by atoms with E-state index in [9.17, 15) is 4.79 Å². The molecule has 0 spiro atoms. The van der Waals surface area contributed by atoms with Crippen molar-refractivity contribution in [1.29, 1.82) is 0 Å². The van der Waals surface area contributed by atoms with Gasteiger partial charge in [-0.1, -0.05) is 12.1 Å². The van der Waals surface area contributed by atoms with Crippen molar-refractivity contribution in [2.24, 2.45) is 0 Å². The summed E-state index contributed by atoms with van der Waals surface area (Å²) in [7, 11) is 1.51. The molecule has 0 saturated carbocycles. The number of para-hydroxylation sites is 1. The summed E-state index contributed by atoms with van der Waals surface area (Å²) in [5.74, 6) is 0.0324. The summed E-state index contributed by atoms with van der Waals surface area (Å²) in [6.07, 6.45) is 0. The van der Waals surface area contributed by atoms with Crippen LogP contribution < -0.4 is 4.74 Å². The van der Waals surface area contributed by atoms with E-state index >= 15 is 0 Å². The number of carbonyl (C=O) groups is 1. The summed E-state index contributed by atoms with van der Waals surface area (Å²) < 4.78 is 9.92. The zero-order chi connectivity index (χ0) is 11.3. The van der Waals surface area contributed by atoms with Crippen LogP contribution in [-0.2, 0) is 4.74 Å². The van der Waals surface area contributed by atoms with Gasteiger partial charge in [0, 0.05) is 0 Å². The van der Waals surface area contributed by atoms with Crippen LogP contribution in [0.25, 0.3) is 0 Å². The Balaban J connectivity index is 2.92. The van der Waals surface area contributed by atoms with Gasteiger partial charge in [-0.05, 0) is 18.6 Å². The van der Waals surface area contributed by atoms with E-state index in [1.807, 2.05) is 13.0 Å². The van der Waals surface area contributed by atoms with Crippen molar-refractivity contribution in [3.63, 3.8) is 0 Å². The topological polar surface area (TPSA) is 55.8 Å². The lowest BCUT2D eigenvalue weighted by Gasteiger charge is -2.10. The summed E-state index contributed by atoms with van der Waals surface area (Å²) in [5.41, 5.74) is 1.25. The summed E-state index contributed by atoms with van der Waals surface area (Å²) in [4.78, 5) is 11.5. The lowest BCUT2D eigenvalue weighted by molar-refractivity contribution is 0.0430. The predicted molar refractivity (Wildman–Crippen MR) is 55.1 cm³/mol. The van der Waals surface area contributed by atoms with Crippen molar-refractivity contribution in [3.8, 4) is 5.75 Å². The van der Waals surface area contributed by atoms with E-state index in [1.54, 1.807) is 12.1 Å². The summed E-state index contributed by atoms with van der Waals surface area (Å²) >= 11 is 0. The average Bonchev–Trinajstić information content (AvgIpc) is 2.25. The minimum atomic E-state index is -0.482. The highest BCUT2D eigenvalue weighted by Gasteiger charge is 2.14. The van der Waals surface area contributed by atoms with E-state index in [0.29, 0.717) is 11.3 Å². The van der Waals surface area contributed by atoms with Crippen LogP contribution >= 0.6 is 0 Å². The molecule has 0 atom stereocenters. The molecule has 1 aromatic carbocycles. The largest absolute Gasteiger partial charge is 0.496 e. The molecule has 1 N–H and O–H groups in total. The van der Waals surface area contributed by atoms with Gasteiger partial charge in [-0.2, -0.15) is 0 Å². The highest BCUT2D eigenvalue weighted by molar-refractivity contribution is 5.93. The number of aryl methyl sites for hydroxylation is 1. The molecule has 0 saturated heterocycles. The fourth-order valence-corrected chi connectivity index (χ4v) is 1.30. The van der Waals surface area contributed by atoms with E-state index in [1.165, 1.54) is 7.11 Å². The number of hydrogen-bond donors (Lipinski definition) is 1. The van der Waals surface area contributed by atoms with Gasteiger partial charge >= 0.3 is 5.97 Å². The first-order valence-corrected chi connectivity index (χ1v) is 4.62. The second-order valence-corrected chi connectivity index (χ2v) is 3.02. The molecule has 0 unspecified atom stereocenters. The fourth-order valence-electron chi connectivity index (χ4n) is 1.30. The van der Waals surface area contributed by atoms with Crippen LogP contribution in [0.3, 0.4) is 0 Å². The van der Waals surface area contributed by atoms with Gasteiger partial charge in [0.15, 0.2) is 0 Å². The summed E-state index contributed by atoms with van der Waals surface area (Å²) in [6, 6.07) is 5.24. The smallest absolute Gasteiger partial charge is 0.342 e. The molecule has 4 nitrogen and oxygen atoms in total. The van der Waals surface area contributed by atoms with E-state index in [0.717, 1.165) is 5.56 Å². The van der Waals surface area contributed by atoms with Crippen molar-refractivity contribution in [3.05, 3.63) is 29.3 Å². The molecule has 0 aromatic heterocycles. The summed E-state index contributed by atoms with van der Waals surface area (Å²) in [6.45, 7) is 1.66. The monoisotopic (exact) mass is 210 g/mol. The fraction of sp³-hybridized carbons (Fsp3) is 0.364. The first-order valence-electron chi connectivity index (χ1n) is 4.62. The predicted octanol–water partition coefficient (Wildman–Crippen LogP) is 1.15. The quantitative estimate of drug-likeness (QED) is 0.757. The number of rotatable bonds is 4. The normalized spacial score (nSPS) is 9.80. The molecule has 0 aliphatic carbocycles. The van der Waals surface area contributed by atoms with E-state index in [4.69, 9.17) is 14.6 Å². The zero-order valence-electron chi connectivity index (χ0n) is 8.82. The van der Waals surface area contributed by atoms with E-state index in [-0.39, 0.29) is 13.2 Å². The van der Waals surface area contributed by atoms with Gasteiger partial charge in [0.1, 0.15) is 17.9 Å². The molecule has 0 fully saturated rings. The maximum atomic E-state index is 11.5. The van der Waals surface area contributed by atoms with Crippen molar-refractivity contribution < 1.29 is 19.4 Å². The molecule has 0 aliphatic rings. The molecule has 15 heavy (non-hydrogen) atoms. The molecule has 0 radical (unpaired) electrons. The number of esters is 1. The molecular formula is C11H14O4. The van der Waals surface area contributed by atoms with Crippen molar-refractivity contribution in [2.45, 2.75) is 6.92 Å². The van der Waals surface area contributed by atoms with Gasteiger partial charge in [-0.25, -0.2) is 4.79 Å². The molecule has 0 heterocycles. The SMILES string of the molecule is COc1c(C)cccc1C(=O)OCCO. The van der Waals surface area contributed by atoms with Gasteiger partial charge < -0.3 is 14.6 Å². The number of hydrogen-bond acceptors (Lipinski definition) is 4. The van der Waals surface area contributed by atoms with E-state index in [2.05, 4.69) is 0 Å². The van der Waals surface area contributed by atoms with Gasteiger partial charge in [-0.15, -0.1) is 0 Å². The first kappa shape index (κ1) is 11.5. The van der Waals surface area contributed by atoms with Crippen molar-refractivity contribution in [1.82, 2.24) is 0 Å². The highest BCUT2D eigenvalue weighted by Crippen LogP contribution is 2.23. The number of aliphatic hydroxyl groups is 1. The van der Waals surface area contributed by atoms with Crippen molar-refractivity contribution >= 4 is 5.97 Å². The lowest BCUT2D eigenvalue weighted by atomic mass is 10.1. The molecule has 4 heteroatoms. The maximum Gasteiger partial charge on any atom is 0.342 e. The molecule has 0 amide bonds. The standard InChI is InChI=1S/C11H14O4/c1-8-4-3-5-9(10(8)14-2)11(13)15-7-6-12/h3-5,12H,6-7H2,1-2H3. The Bertz CT molecular complexity index is 346. The minimum absolute atomic E-state index is 0.00404. The molecule has 82 valence electrons. The van der Waals surface area contributed by atoms with Crippen LogP contribution in [0.15, 0.2) is 18.2 Å². The third kappa shape index (κ3) is 2.70. The van der Waals surface area contributed by atoms with Crippen LogP contribution in [0.2, 0.25) is 0 Å². The van der Waals surface area contributed by atoms with Crippen LogP contribution in [0.4, 0.5) is 0 Å². The third-order valence-electron chi connectivity index (χ3n) is 1.96. The zero-order valence-corrected chi connectivity index (χ0v) is 8.82. The lowest BCUT2D eigenvalue weighted by Crippen LogP contribution is -2.10. The number of ether oxygens (including phenoxy) is 2. The molecule has 1 aromatic rings. The van der Waals surface area contributed by atoms with Crippen molar-refractivity contribution in [2.75, 3.05) is 20.3 Å². The highest BCUT2D eigenvalue weighted by atomic mass is 16.5. The van der Waals surface area contributed by atoms with Gasteiger partial charge in [0.25, 0.3) is 0 Å². The Kier molecular flexibility index (Phi) is 4.12. The Morgan fingerprint density at radius 1 is 1.47 bits per heavy atom. The number of aliphatic hydroxyl groups excluding tert-OH is 1. The summed E-state index contributed by atoms with van der Waals surface area (Å²) in [5, 5.41) is 8.53. The molecule has 1 rings (SSSR count). The average molecular weight is 210 g/mol. The molecule has 0 bridgehead atoms. The number of benzene rings is 1. The second-order valence-electron chi connectivity index (χ2n) is 3.02. The van der Waals surface area contributed by atoms with Crippen LogP contribution in [0.1, 0.15) is 15.9 Å². The maximum absolute atomic E-state index is 11.5. The van der Waals surface area contributed by atoms with Crippen LogP contribution in [0.5, 0.6) is 5.75 Å². The molecule has 0 aliphatic heterocycles. The minimum Gasteiger partial charge on any atom is -0.496 e. The Morgan fingerprint density at radius 3 is 2.80 bits per heavy atom. The number of methoxy groups -OCH3 is 1. The third-order valence-corrected chi connectivity index (χ3v) is 1.96. The van der Waals surface area contributed by atoms with Gasteiger partial charge in [0.2, 0.25) is 0 Å². The number of carbonyl (C=O) groups excluding carboxylic acids is 1. The Morgan fingerprint density at radius 2 is 2.20 bits per heavy atom. The second kappa shape index (κ2) is 5.36. The van der Waals surface area contributed by atoms with Gasteiger partial charge in [-0.3, -0.25) is 0 Å². The Labute approximate surface area is 88.4 Å². The van der Waals surface area contributed by atoms with Crippen LogP contribution in [0, 0.1) is 6.92 Å². The first-order chi connectivity index (χ1) is 7.20. The van der Waals surface area contributed by atoms with E-state index < -0.39 is 5.97 Å². The van der Waals surface area contributed by atoms with Gasteiger partial charge in [0.05, 0.1) is 13.7 Å².